The Morgan fingerprint density at radius 1 is 1.40 bits per heavy atom. The molecular weight excluding hydrogens is 192 g/mol. The highest BCUT2D eigenvalue weighted by Gasteiger charge is 2.12. The number of nitro benzene ring substituents is 1. The van der Waals surface area contributed by atoms with Crippen molar-refractivity contribution in [3.8, 4) is 12.0 Å². The lowest BCUT2D eigenvalue weighted by Crippen LogP contribution is -1.89. The first-order valence-corrected chi connectivity index (χ1v) is 4.41. The number of benzene rings is 1. The van der Waals surface area contributed by atoms with Gasteiger partial charge in [0.15, 0.2) is 0 Å². The fourth-order valence-corrected chi connectivity index (χ4v) is 1.53. The van der Waals surface area contributed by atoms with Crippen molar-refractivity contribution >= 4 is 16.6 Å². The quantitative estimate of drug-likeness (QED) is 0.403. The highest BCUT2D eigenvalue weighted by atomic mass is 16.6. The van der Waals surface area contributed by atoms with E-state index in [4.69, 9.17) is 0 Å². The summed E-state index contributed by atoms with van der Waals surface area (Å²) in [6.07, 6.45) is 1.73. The second-order valence-electron chi connectivity index (χ2n) is 3.01. The minimum atomic E-state index is -0.383. The van der Waals surface area contributed by atoms with Gasteiger partial charge in [-0.3, -0.25) is 14.7 Å². The largest absolute Gasteiger partial charge is 0.278 e. The Morgan fingerprint density at radius 2 is 2.20 bits per heavy atom. The van der Waals surface area contributed by atoms with Crippen molar-refractivity contribution in [2.75, 3.05) is 0 Å². The number of hydrogen-bond acceptors (Lipinski definition) is 2. The Hall–Kier alpha value is -2.28. The third-order valence-electron chi connectivity index (χ3n) is 2.14. The highest BCUT2D eigenvalue weighted by molar-refractivity contribution is 5.89. The molecule has 0 N–H and O–H groups in total. The van der Waals surface area contributed by atoms with Crippen LogP contribution in [0.5, 0.6) is 0 Å². The molecule has 2 rings (SSSR count). The van der Waals surface area contributed by atoms with Crippen LogP contribution < -0.4 is 0 Å². The Labute approximate surface area is 86.3 Å². The van der Waals surface area contributed by atoms with Gasteiger partial charge in [0.1, 0.15) is 0 Å². The molecule has 74 valence electrons. The van der Waals surface area contributed by atoms with Crippen LogP contribution in [0.3, 0.4) is 0 Å². The van der Waals surface area contributed by atoms with Crippen LogP contribution in [0.2, 0.25) is 0 Å². The molecule has 0 aliphatic heterocycles. The maximum Gasteiger partial charge on any atom is 0.278 e. The predicted molar refractivity (Wildman–Crippen MR) is 57.4 cm³/mol. The molecule has 0 saturated carbocycles. The number of nitro groups is 1. The first kappa shape index (κ1) is 9.28. The molecule has 0 amide bonds. The van der Waals surface area contributed by atoms with Crippen molar-refractivity contribution < 1.29 is 4.92 Å². The van der Waals surface area contributed by atoms with Gasteiger partial charge in [-0.25, -0.2) is 0 Å². The molecular formula is C11H8N2O2. The van der Waals surface area contributed by atoms with Crippen molar-refractivity contribution in [3.63, 3.8) is 0 Å². The van der Waals surface area contributed by atoms with Gasteiger partial charge in [-0.1, -0.05) is 12.0 Å². The zero-order valence-corrected chi connectivity index (χ0v) is 8.10. The summed E-state index contributed by atoms with van der Waals surface area (Å²) >= 11 is 0. The lowest BCUT2D eigenvalue weighted by Gasteiger charge is -1.95. The Morgan fingerprint density at radius 3 is 2.87 bits per heavy atom. The Balaban J connectivity index is 2.78. The second-order valence-corrected chi connectivity index (χ2v) is 3.01. The molecule has 4 heteroatoms. The van der Waals surface area contributed by atoms with Crippen molar-refractivity contribution in [2.45, 2.75) is 6.92 Å². The molecule has 0 saturated heterocycles. The van der Waals surface area contributed by atoms with Crippen LogP contribution in [0.4, 0.5) is 5.69 Å². The third kappa shape index (κ3) is 1.44. The molecule has 0 radical (unpaired) electrons. The Kier molecular flexibility index (Phi) is 2.14. The molecule has 0 bridgehead atoms. The van der Waals surface area contributed by atoms with Crippen LogP contribution in [-0.4, -0.2) is 9.49 Å². The van der Waals surface area contributed by atoms with Gasteiger partial charge < -0.3 is 0 Å². The first-order valence-electron chi connectivity index (χ1n) is 4.41. The number of aromatic nitrogens is 1. The molecule has 0 aliphatic carbocycles. The monoisotopic (exact) mass is 200 g/mol. The molecule has 1 aromatic carbocycles. The van der Waals surface area contributed by atoms with E-state index in [1.54, 1.807) is 29.8 Å². The van der Waals surface area contributed by atoms with Crippen LogP contribution in [0.1, 0.15) is 6.92 Å². The average molecular weight is 200 g/mol. The number of hydrogen-bond donors (Lipinski definition) is 0. The molecule has 0 aliphatic rings. The SMILES string of the molecule is CC#Cn1ccc2c([N+](=O)[O-])cccc21. The third-order valence-corrected chi connectivity index (χ3v) is 2.14. The summed E-state index contributed by atoms with van der Waals surface area (Å²) in [5.41, 5.74) is 0.878. The van der Waals surface area contributed by atoms with E-state index >= 15 is 0 Å². The molecule has 0 unspecified atom stereocenters. The van der Waals surface area contributed by atoms with Gasteiger partial charge in [0, 0.05) is 18.3 Å². The van der Waals surface area contributed by atoms with Crippen LogP contribution in [-0.2, 0) is 0 Å². The molecule has 2 aromatic rings. The van der Waals surface area contributed by atoms with Crippen LogP contribution >= 0.6 is 0 Å². The van der Waals surface area contributed by atoms with Crippen LogP contribution in [0.25, 0.3) is 10.9 Å². The summed E-state index contributed by atoms with van der Waals surface area (Å²) < 4.78 is 1.68. The van der Waals surface area contributed by atoms with Crippen molar-refractivity contribution in [1.82, 2.24) is 4.57 Å². The van der Waals surface area contributed by atoms with Crippen LogP contribution in [0.15, 0.2) is 30.5 Å². The van der Waals surface area contributed by atoms with E-state index < -0.39 is 0 Å². The summed E-state index contributed by atoms with van der Waals surface area (Å²) in [6.45, 7) is 1.73. The maximum absolute atomic E-state index is 10.7. The van der Waals surface area contributed by atoms with Gasteiger partial charge in [0.25, 0.3) is 5.69 Å². The van der Waals surface area contributed by atoms with Crippen molar-refractivity contribution in [3.05, 3.63) is 40.6 Å². The summed E-state index contributed by atoms with van der Waals surface area (Å²) in [6, 6.07) is 9.51. The van der Waals surface area contributed by atoms with E-state index in [-0.39, 0.29) is 10.6 Å². The van der Waals surface area contributed by atoms with E-state index in [9.17, 15) is 10.1 Å². The zero-order valence-electron chi connectivity index (χ0n) is 8.10. The van der Waals surface area contributed by atoms with E-state index in [0.29, 0.717) is 5.39 Å². The summed E-state index contributed by atoms with van der Waals surface area (Å²) in [7, 11) is 0. The zero-order chi connectivity index (χ0) is 10.8. The minimum absolute atomic E-state index is 0.115. The molecule has 15 heavy (non-hydrogen) atoms. The first-order chi connectivity index (χ1) is 7.24. The van der Waals surface area contributed by atoms with Gasteiger partial charge in [-0.05, 0) is 19.1 Å². The molecule has 0 fully saturated rings. The van der Waals surface area contributed by atoms with Gasteiger partial charge >= 0.3 is 0 Å². The smallest absolute Gasteiger partial charge is 0.276 e. The highest BCUT2D eigenvalue weighted by Crippen LogP contribution is 2.25. The molecule has 0 spiro atoms. The fourth-order valence-electron chi connectivity index (χ4n) is 1.53. The maximum atomic E-state index is 10.7. The van der Waals surface area contributed by atoms with Crippen molar-refractivity contribution in [1.29, 1.82) is 0 Å². The fraction of sp³-hybridized carbons (Fsp3) is 0.0909. The van der Waals surface area contributed by atoms with E-state index in [1.165, 1.54) is 6.07 Å². The van der Waals surface area contributed by atoms with Gasteiger partial charge in [-0.2, -0.15) is 0 Å². The number of rotatable bonds is 1. The molecule has 1 aromatic heterocycles. The van der Waals surface area contributed by atoms with Crippen molar-refractivity contribution in [2.24, 2.45) is 0 Å². The van der Waals surface area contributed by atoms with E-state index in [1.807, 2.05) is 6.07 Å². The Bertz CT molecular complexity index is 587. The lowest BCUT2D eigenvalue weighted by atomic mass is 10.2. The minimum Gasteiger partial charge on any atom is -0.276 e. The molecule has 0 atom stereocenters. The average Bonchev–Trinajstić information content (AvgIpc) is 2.62. The molecule has 1 heterocycles. The van der Waals surface area contributed by atoms with Gasteiger partial charge in [0.2, 0.25) is 0 Å². The normalized spacial score (nSPS) is 9.67. The standard InChI is InChI=1S/C11H8N2O2/c1-2-7-12-8-6-9-10(12)4-3-5-11(9)13(14)15/h3-6,8H,1H3. The summed E-state index contributed by atoms with van der Waals surface area (Å²) in [5.74, 6) is 2.75. The topological polar surface area (TPSA) is 48.1 Å². The van der Waals surface area contributed by atoms with E-state index in [2.05, 4.69) is 12.0 Å². The summed E-state index contributed by atoms with van der Waals surface area (Å²) in [5, 5.41) is 11.4. The summed E-state index contributed by atoms with van der Waals surface area (Å²) in [4.78, 5) is 10.4. The number of fused-ring (bicyclic) bond motifs is 1. The van der Waals surface area contributed by atoms with Crippen LogP contribution in [0, 0.1) is 22.1 Å². The van der Waals surface area contributed by atoms with Gasteiger partial charge in [0.05, 0.1) is 15.8 Å². The van der Waals surface area contributed by atoms with E-state index in [0.717, 1.165) is 5.52 Å². The van der Waals surface area contributed by atoms with Gasteiger partial charge in [-0.15, -0.1) is 0 Å². The molecule has 4 nitrogen and oxygen atoms in total. The predicted octanol–water partition coefficient (Wildman–Crippen LogP) is 2.38. The lowest BCUT2D eigenvalue weighted by molar-refractivity contribution is -0.383. The number of nitrogens with zero attached hydrogens (tertiary/aromatic N) is 2. The second kappa shape index (κ2) is 3.46. The number of non-ortho nitro benzene ring substituents is 1.